The zero-order chi connectivity index (χ0) is 11.4. The molecule has 0 radical (unpaired) electrons. The Balaban J connectivity index is 2.71. The van der Waals surface area contributed by atoms with Crippen LogP contribution in [0, 0.1) is 13.8 Å². The van der Waals surface area contributed by atoms with E-state index in [1.54, 1.807) is 0 Å². The minimum absolute atomic E-state index is 0.0392. The average Bonchev–Trinajstić information content (AvgIpc) is 2.10. The molecule has 0 atom stereocenters. The molecule has 0 saturated heterocycles. The Labute approximate surface area is 91.3 Å². The Kier molecular flexibility index (Phi) is 3.89. The summed E-state index contributed by atoms with van der Waals surface area (Å²) in [5.74, 6) is -0.154. The van der Waals surface area contributed by atoms with Crippen LogP contribution in [0.5, 0.6) is 0 Å². The second kappa shape index (κ2) is 4.96. The Bertz CT molecular complexity index is 354. The van der Waals surface area contributed by atoms with Crippen molar-refractivity contribution >= 4 is 5.97 Å². The van der Waals surface area contributed by atoms with Gasteiger partial charge in [0.05, 0.1) is 12.5 Å². The molecule has 0 saturated carbocycles. The van der Waals surface area contributed by atoms with Crippen LogP contribution in [0.25, 0.3) is 0 Å². The lowest BCUT2D eigenvalue weighted by Gasteiger charge is -2.09. The predicted molar refractivity (Wildman–Crippen MR) is 60.8 cm³/mol. The number of benzene rings is 1. The summed E-state index contributed by atoms with van der Waals surface area (Å²) in [7, 11) is 0. The summed E-state index contributed by atoms with van der Waals surface area (Å²) in [4.78, 5) is 11.5. The molecule has 0 unspecified atom stereocenters. The zero-order valence-electron chi connectivity index (χ0n) is 9.83. The quantitative estimate of drug-likeness (QED) is 0.711. The molecule has 15 heavy (non-hydrogen) atoms. The first kappa shape index (κ1) is 11.8. The fraction of sp³-hybridized carbons (Fsp3) is 0.462. The molecule has 0 aliphatic heterocycles. The number of hydrogen-bond donors (Lipinski definition) is 0. The van der Waals surface area contributed by atoms with Crippen LogP contribution in [-0.2, 0) is 16.0 Å². The van der Waals surface area contributed by atoms with Gasteiger partial charge in [-0.1, -0.05) is 23.8 Å². The van der Waals surface area contributed by atoms with Crippen molar-refractivity contribution in [2.45, 2.75) is 40.2 Å². The topological polar surface area (TPSA) is 26.3 Å². The van der Waals surface area contributed by atoms with Crippen LogP contribution in [0.1, 0.15) is 30.5 Å². The van der Waals surface area contributed by atoms with Crippen molar-refractivity contribution in [2.75, 3.05) is 0 Å². The van der Waals surface area contributed by atoms with Crippen LogP contribution in [0.2, 0.25) is 0 Å². The van der Waals surface area contributed by atoms with Crippen LogP contribution in [0.3, 0.4) is 0 Å². The van der Waals surface area contributed by atoms with E-state index in [9.17, 15) is 4.79 Å². The van der Waals surface area contributed by atoms with Crippen LogP contribution >= 0.6 is 0 Å². The highest BCUT2D eigenvalue weighted by Gasteiger charge is 2.08. The molecule has 82 valence electrons. The molecule has 0 N–H and O–H groups in total. The molecule has 1 rings (SSSR count). The fourth-order valence-electron chi connectivity index (χ4n) is 1.45. The molecule has 0 bridgehead atoms. The van der Waals surface area contributed by atoms with E-state index in [0.29, 0.717) is 6.42 Å². The number of hydrogen-bond acceptors (Lipinski definition) is 2. The van der Waals surface area contributed by atoms with Gasteiger partial charge in [-0.3, -0.25) is 4.79 Å². The normalized spacial score (nSPS) is 10.5. The lowest BCUT2D eigenvalue weighted by atomic mass is 10.0. The monoisotopic (exact) mass is 206 g/mol. The maximum atomic E-state index is 11.5. The highest BCUT2D eigenvalue weighted by atomic mass is 16.5. The van der Waals surface area contributed by atoms with Gasteiger partial charge >= 0.3 is 5.97 Å². The van der Waals surface area contributed by atoms with Crippen LogP contribution in [0.4, 0.5) is 0 Å². The molecule has 2 heteroatoms. The summed E-state index contributed by atoms with van der Waals surface area (Å²) in [6.07, 6.45) is 0.328. The minimum atomic E-state index is -0.154. The van der Waals surface area contributed by atoms with Crippen LogP contribution < -0.4 is 0 Å². The highest BCUT2D eigenvalue weighted by Crippen LogP contribution is 2.12. The lowest BCUT2D eigenvalue weighted by Crippen LogP contribution is -2.14. The van der Waals surface area contributed by atoms with E-state index in [0.717, 1.165) is 11.1 Å². The summed E-state index contributed by atoms with van der Waals surface area (Å²) in [5, 5.41) is 0. The van der Waals surface area contributed by atoms with Crippen LogP contribution in [0.15, 0.2) is 18.2 Å². The van der Waals surface area contributed by atoms with Crippen molar-refractivity contribution in [3.8, 4) is 0 Å². The molecule has 2 nitrogen and oxygen atoms in total. The average molecular weight is 206 g/mol. The van der Waals surface area contributed by atoms with Crippen molar-refractivity contribution < 1.29 is 9.53 Å². The SMILES string of the molecule is Cc1ccc(C)c(CC(=O)OC(C)C)c1. The molecule has 0 spiro atoms. The maximum absolute atomic E-state index is 11.5. The van der Waals surface area contributed by atoms with Crippen molar-refractivity contribution in [3.63, 3.8) is 0 Å². The summed E-state index contributed by atoms with van der Waals surface area (Å²) >= 11 is 0. The molecule has 0 amide bonds. The van der Waals surface area contributed by atoms with E-state index < -0.39 is 0 Å². The highest BCUT2D eigenvalue weighted by molar-refractivity contribution is 5.73. The maximum Gasteiger partial charge on any atom is 0.310 e. The van der Waals surface area contributed by atoms with Crippen molar-refractivity contribution in [1.29, 1.82) is 0 Å². The molecule has 1 aromatic carbocycles. The van der Waals surface area contributed by atoms with Gasteiger partial charge in [-0.25, -0.2) is 0 Å². The first-order valence-corrected chi connectivity index (χ1v) is 5.24. The van der Waals surface area contributed by atoms with Crippen LogP contribution in [-0.4, -0.2) is 12.1 Å². The van der Waals surface area contributed by atoms with E-state index in [1.165, 1.54) is 5.56 Å². The third-order valence-corrected chi connectivity index (χ3v) is 2.21. The molecule has 1 aromatic rings. The summed E-state index contributed by atoms with van der Waals surface area (Å²) in [6.45, 7) is 7.76. The largest absolute Gasteiger partial charge is 0.463 e. The second-order valence-corrected chi connectivity index (χ2v) is 4.15. The smallest absolute Gasteiger partial charge is 0.310 e. The Morgan fingerprint density at radius 2 is 2.00 bits per heavy atom. The van der Waals surface area contributed by atoms with Crippen molar-refractivity contribution in [3.05, 3.63) is 34.9 Å². The van der Waals surface area contributed by atoms with Crippen molar-refractivity contribution in [2.24, 2.45) is 0 Å². The number of aryl methyl sites for hydroxylation is 2. The number of rotatable bonds is 3. The molecular formula is C13H18O2. The summed E-state index contributed by atoms with van der Waals surface area (Å²) in [5.41, 5.74) is 3.37. The Hall–Kier alpha value is -1.31. The summed E-state index contributed by atoms with van der Waals surface area (Å²) < 4.78 is 5.11. The molecule has 0 aliphatic carbocycles. The van der Waals surface area contributed by atoms with E-state index in [2.05, 4.69) is 0 Å². The molecule has 0 fully saturated rings. The molecular weight excluding hydrogens is 188 g/mol. The summed E-state index contributed by atoms with van der Waals surface area (Å²) in [6, 6.07) is 6.12. The van der Waals surface area contributed by atoms with Gasteiger partial charge < -0.3 is 4.74 Å². The first-order valence-electron chi connectivity index (χ1n) is 5.24. The van der Waals surface area contributed by atoms with Gasteiger partial charge in [0.25, 0.3) is 0 Å². The van der Waals surface area contributed by atoms with E-state index in [1.807, 2.05) is 45.9 Å². The van der Waals surface area contributed by atoms with Gasteiger partial charge in [0.15, 0.2) is 0 Å². The second-order valence-electron chi connectivity index (χ2n) is 4.15. The van der Waals surface area contributed by atoms with E-state index in [-0.39, 0.29) is 12.1 Å². The molecule has 0 aromatic heterocycles. The number of carbonyl (C=O) groups is 1. The fourth-order valence-corrected chi connectivity index (χ4v) is 1.45. The van der Waals surface area contributed by atoms with Gasteiger partial charge in [-0.05, 0) is 38.8 Å². The Morgan fingerprint density at radius 1 is 1.33 bits per heavy atom. The zero-order valence-corrected chi connectivity index (χ0v) is 9.83. The minimum Gasteiger partial charge on any atom is -0.463 e. The van der Waals surface area contributed by atoms with E-state index in [4.69, 9.17) is 4.74 Å². The number of esters is 1. The first-order chi connectivity index (χ1) is 6.99. The third kappa shape index (κ3) is 3.74. The number of carbonyl (C=O) groups excluding carboxylic acids is 1. The van der Waals surface area contributed by atoms with Gasteiger partial charge in [-0.15, -0.1) is 0 Å². The standard InChI is InChI=1S/C13H18O2/c1-9(2)15-13(14)8-12-7-10(3)5-6-11(12)4/h5-7,9H,8H2,1-4H3. The molecule has 0 aliphatic rings. The predicted octanol–water partition coefficient (Wildman–Crippen LogP) is 2.80. The van der Waals surface area contributed by atoms with Gasteiger partial charge in [0.1, 0.15) is 0 Å². The molecule has 0 heterocycles. The van der Waals surface area contributed by atoms with Crippen molar-refractivity contribution in [1.82, 2.24) is 0 Å². The lowest BCUT2D eigenvalue weighted by molar-refractivity contribution is -0.146. The number of ether oxygens (including phenoxy) is 1. The van der Waals surface area contributed by atoms with E-state index >= 15 is 0 Å². The van der Waals surface area contributed by atoms with Gasteiger partial charge in [-0.2, -0.15) is 0 Å². The van der Waals surface area contributed by atoms with Gasteiger partial charge in [0.2, 0.25) is 0 Å². The third-order valence-electron chi connectivity index (χ3n) is 2.21. The van der Waals surface area contributed by atoms with Gasteiger partial charge in [0, 0.05) is 0 Å². The Morgan fingerprint density at radius 3 is 2.60 bits per heavy atom.